The predicted molar refractivity (Wildman–Crippen MR) is 141 cm³/mol. The van der Waals surface area contributed by atoms with Gasteiger partial charge in [0, 0.05) is 75.8 Å². The summed E-state index contributed by atoms with van der Waals surface area (Å²) < 4.78 is 6.39. The van der Waals surface area contributed by atoms with Gasteiger partial charge in [0.15, 0.2) is 0 Å². The first-order valence-corrected chi connectivity index (χ1v) is 13.0. The summed E-state index contributed by atoms with van der Waals surface area (Å²) in [7, 11) is 0. The van der Waals surface area contributed by atoms with E-state index in [0.29, 0.717) is 5.56 Å². The van der Waals surface area contributed by atoms with Crippen LogP contribution >= 0.6 is 0 Å². The number of fused-ring (bicyclic) bond motifs is 2. The molecule has 1 aromatic carbocycles. The minimum atomic E-state index is 0.136. The molecule has 0 amide bonds. The Bertz CT molecular complexity index is 1280. The Morgan fingerprint density at radius 2 is 1.97 bits per heavy atom. The van der Waals surface area contributed by atoms with E-state index in [1.54, 1.807) is 6.20 Å². The summed E-state index contributed by atoms with van der Waals surface area (Å²) in [6.07, 6.45) is 5.17. The number of anilines is 2. The van der Waals surface area contributed by atoms with Crippen LogP contribution in [0.3, 0.4) is 0 Å². The molecule has 5 heterocycles. The summed E-state index contributed by atoms with van der Waals surface area (Å²) in [6, 6.07) is 12.6. The smallest absolute Gasteiger partial charge is 0.128 e. The summed E-state index contributed by atoms with van der Waals surface area (Å²) in [5.41, 5.74) is 5.31. The van der Waals surface area contributed by atoms with Crippen LogP contribution < -0.4 is 15.1 Å². The van der Waals surface area contributed by atoms with E-state index in [0.717, 1.165) is 87.7 Å². The van der Waals surface area contributed by atoms with Gasteiger partial charge in [-0.3, -0.25) is 9.88 Å². The number of ether oxygens (including phenoxy) is 1. The zero-order valence-electron chi connectivity index (χ0n) is 20.9. The van der Waals surface area contributed by atoms with Crippen LogP contribution in [-0.2, 0) is 17.7 Å². The van der Waals surface area contributed by atoms with Crippen molar-refractivity contribution >= 4 is 22.4 Å². The van der Waals surface area contributed by atoms with Crippen molar-refractivity contribution in [3.8, 4) is 6.07 Å². The maximum absolute atomic E-state index is 9.51. The normalized spacial score (nSPS) is 22.9. The summed E-state index contributed by atoms with van der Waals surface area (Å²) >= 11 is 0. The molecule has 1 N–H and O–H groups in total. The van der Waals surface area contributed by atoms with E-state index in [2.05, 4.69) is 62.4 Å². The lowest BCUT2D eigenvalue weighted by molar-refractivity contribution is -0.0327. The van der Waals surface area contributed by atoms with Gasteiger partial charge in [-0.1, -0.05) is 0 Å². The lowest BCUT2D eigenvalue weighted by Crippen LogP contribution is -2.54. The molecule has 3 aromatic rings. The number of hydrogen-bond acceptors (Lipinski definition) is 8. The van der Waals surface area contributed by atoms with Gasteiger partial charge in [-0.15, -0.1) is 0 Å². The average Bonchev–Trinajstić information content (AvgIpc) is 2.92. The molecule has 2 unspecified atom stereocenters. The van der Waals surface area contributed by atoms with Crippen LogP contribution in [-0.4, -0.2) is 79.4 Å². The lowest BCUT2D eigenvalue weighted by Gasteiger charge is -2.42. The second kappa shape index (κ2) is 10.0. The van der Waals surface area contributed by atoms with Crippen molar-refractivity contribution in [2.75, 3.05) is 62.2 Å². The first kappa shape index (κ1) is 23.2. The molecule has 0 spiro atoms. The molecule has 8 nitrogen and oxygen atoms in total. The number of piperazine rings is 1. The Morgan fingerprint density at radius 3 is 2.83 bits per heavy atom. The number of nitriles is 1. The number of pyridine rings is 2. The molecule has 8 heteroatoms. The third kappa shape index (κ3) is 4.62. The van der Waals surface area contributed by atoms with Crippen LogP contribution in [0.1, 0.15) is 23.6 Å². The van der Waals surface area contributed by atoms with Crippen molar-refractivity contribution in [1.82, 2.24) is 20.2 Å². The lowest BCUT2D eigenvalue weighted by atomic mass is 10.0. The van der Waals surface area contributed by atoms with Gasteiger partial charge in [0.1, 0.15) is 11.9 Å². The minimum absolute atomic E-state index is 0.136. The number of hydrogen-bond donors (Lipinski definition) is 1. The maximum atomic E-state index is 9.51. The van der Waals surface area contributed by atoms with Crippen molar-refractivity contribution in [1.29, 1.82) is 5.26 Å². The largest absolute Gasteiger partial charge is 0.370 e. The Hall–Kier alpha value is -3.25. The number of rotatable bonds is 4. The topological polar surface area (TPSA) is 80.6 Å². The molecule has 0 saturated carbocycles. The molecule has 2 saturated heterocycles. The maximum Gasteiger partial charge on any atom is 0.128 e. The van der Waals surface area contributed by atoms with Crippen LogP contribution in [0.4, 0.5) is 11.5 Å². The number of nitrogens with zero attached hydrogens (tertiary/aromatic N) is 6. The van der Waals surface area contributed by atoms with Crippen molar-refractivity contribution < 1.29 is 4.74 Å². The number of morpholine rings is 1. The van der Waals surface area contributed by atoms with Gasteiger partial charge < -0.3 is 19.9 Å². The minimum Gasteiger partial charge on any atom is -0.370 e. The van der Waals surface area contributed by atoms with Gasteiger partial charge in [-0.2, -0.15) is 5.26 Å². The number of benzene rings is 1. The van der Waals surface area contributed by atoms with Crippen LogP contribution in [0.15, 0.2) is 42.7 Å². The third-order valence-electron chi connectivity index (χ3n) is 7.65. The quantitative estimate of drug-likeness (QED) is 0.607. The standard InChI is InChI=1S/C28H33N7O/c1-20-17-35(26-5-4-22(14-29)28-25(26)3-2-7-31-28)19-24(36-20)18-33-9-11-34(12-10-33)27-13-21-6-8-30-15-23(21)16-32-27/h2-5,7,13,16,20,24,30H,6,8-12,15,17-19H2,1H3. The summed E-state index contributed by atoms with van der Waals surface area (Å²) in [6.45, 7) is 10.7. The summed E-state index contributed by atoms with van der Waals surface area (Å²) in [4.78, 5) is 16.6. The van der Waals surface area contributed by atoms with E-state index in [4.69, 9.17) is 9.72 Å². The van der Waals surface area contributed by atoms with Crippen LogP contribution in [0.25, 0.3) is 10.9 Å². The third-order valence-corrected chi connectivity index (χ3v) is 7.65. The van der Waals surface area contributed by atoms with E-state index in [9.17, 15) is 5.26 Å². The highest BCUT2D eigenvalue weighted by Gasteiger charge is 2.29. The highest BCUT2D eigenvalue weighted by atomic mass is 16.5. The Kier molecular flexibility index (Phi) is 6.45. The molecular formula is C28H33N7O. The second-order valence-corrected chi connectivity index (χ2v) is 10.1. The zero-order valence-corrected chi connectivity index (χ0v) is 20.9. The van der Waals surface area contributed by atoms with Gasteiger partial charge in [-0.25, -0.2) is 4.98 Å². The Labute approximate surface area is 212 Å². The SMILES string of the molecule is CC1CN(c2ccc(C#N)c3ncccc23)CC(CN2CCN(c3cc4c(cn3)CNCC4)CC2)O1. The van der Waals surface area contributed by atoms with Crippen LogP contribution in [0.2, 0.25) is 0 Å². The highest BCUT2D eigenvalue weighted by molar-refractivity contribution is 5.95. The molecule has 2 atom stereocenters. The Morgan fingerprint density at radius 1 is 1.08 bits per heavy atom. The van der Waals surface area contributed by atoms with E-state index < -0.39 is 0 Å². The summed E-state index contributed by atoms with van der Waals surface area (Å²) in [5, 5.41) is 14.0. The van der Waals surface area contributed by atoms with Crippen molar-refractivity contribution in [3.63, 3.8) is 0 Å². The van der Waals surface area contributed by atoms with Gasteiger partial charge in [0.2, 0.25) is 0 Å². The number of nitrogens with one attached hydrogen (secondary N) is 1. The van der Waals surface area contributed by atoms with E-state index in [-0.39, 0.29) is 12.2 Å². The predicted octanol–water partition coefficient (Wildman–Crippen LogP) is 2.56. The molecule has 0 radical (unpaired) electrons. The van der Waals surface area contributed by atoms with Gasteiger partial charge in [0.05, 0.1) is 23.3 Å². The molecule has 2 aromatic heterocycles. The molecule has 186 valence electrons. The molecule has 2 fully saturated rings. The first-order chi connectivity index (χ1) is 17.7. The molecule has 0 aliphatic carbocycles. The average molecular weight is 484 g/mol. The van der Waals surface area contributed by atoms with Crippen LogP contribution in [0, 0.1) is 11.3 Å². The van der Waals surface area contributed by atoms with Gasteiger partial charge >= 0.3 is 0 Å². The molecule has 36 heavy (non-hydrogen) atoms. The number of aromatic nitrogens is 2. The van der Waals surface area contributed by atoms with Gasteiger partial charge in [-0.05, 0) is 61.3 Å². The second-order valence-electron chi connectivity index (χ2n) is 10.1. The van der Waals surface area contributed by atoms with Gasteiger partial charge in [0.25, 0.3) is 0 Å². The van der Waals surface area contributed by atoms with Crippen LogP contribution in [0.5, 0.6) is 0 Å². The molecule has 3 aliphatic rings. The Balaban J connectivity index is 1.11. The molecular weight excluding hydrogens is 450 g/mol. The fourth-order valence-corrected chi connectivity index (χ4v) is 5.84. The fourth-order valence-electron chi connectivity index (χ4n) is 5.84. The summed E-state index contributed by atoms with van der Waals surface area (Å²) in [5.74, 6) is 1.12. The molecule has 6 rings (SSSR count). The van der Waals surface area contributed by atoms with E-state index >= 15 is 0 Å². The van der Waals surface area contributed by atoms with Crippen molar-refractivity contribution in [2.45, 2.75) is 32.1 Å². The first-order valence-electron chi connectivity index (χ1n) is 13.0. The van der Waals surface area contributed by atoms with Crippen molar-refractivity contribution in [2.24, 2.45) is 0 Å². The van der Waals surface area contributed by atoms with E-state index in [1.165, 1.54) is 11.1 Å². The monoisotopic (exact) mass is 483 g/mol. The van der Waals surface area contributed by atoms with Crippen molar-refractivity contribution in [3.05, 3.63) is 59.4 Å². The highest BCUT2D eigenvalue weighted by Crippen LogP contribution is 2.30. The molecule has 0 bridgehead atoms. The van der Waals surface area contributed by atoms with E-state index in [1.807, 2.05) is 12.1 Å². The fraction of sp³-hybridized carbons (Fsp3) is 0.464. The zero-order chi connectivity index (χ0) is 24.5. The molecule has 3 aliphatic heterocycles.